The standard InChI is InChI=1S/C24H43N3O4/c1-4-16-28-20-24(21-29-17-5-2,22-30-18-6-3)23-31-19-14-12-10-8-7-9-11-13-15-26-27-25/h4-6H,1-3,7-23H2. The van der Waals surface area contributed by atoms with Crippen molar-refractivity contribution in [3.05, 3.63) is 48.4 Å². The van der Waals surface area contributed by atoms with E-state index in [0.29, 0.717) is 52.8 Å². The Morgan fingerprint density at radius 1 is 0.645 bits per heavy atom. The Morgan fingerprint density at radius 3 is 1.52 bits per heavy atom. The summed E-state index contributed by atoms with van der Waals surface area (Å²) in [6.45, 7) is 15.9. The van der Waals surface area contributed by atoms with Crippen LogP contribution < -0.4 is 0 Å². The lowest BCUT2D eigenvalue weighted by molar-refractivity contribution is -0.0978. The monoisotopic (exact) mass is 437 g/mol. The van der Waals surface area contributed by atoms with Crippen LogP contribution in [0.1, 0.15) is 51.4 Å². The molecule has 7 nitrogen and oxygen atoms in total. The van der Waals surface area contributed by atoms with Gasteiger partial charge in [-0.1, -0.05) is 61.9 Å². The number of azide groups is 1. The molecule has 0 aliphatic rings. The minimum Gasteiger partial charge on any atom is -0.381 e. The molecule has 0 aliphatic carbocycles. The number of hydrogen-bond acceptors (Lipinski definition) is 5. The van der Waals surface area contributed by atoms with E-state index in [1.165, 1.54) is 32.1 Å². The van der Waals surface area contributed by atoms with Crippen molar-refractivity contribution < 1.29 is 18.9 Å². The van der Waals surface area contributed by atoms with E-state index in [4.69, 9.17) is 24.5 Å². The average Bonchev–Trinajstić information content (AvgIpc) is 2.77. The first-order chi connectivity index (χ1) is 15.2. The molecule has 0 aromatic rings. The summed E-state index contributed by atoms with van der Waals surface area (Å²) in [5, 5.41) is 3.56. The summed E-state index contributed by atoms with van der Waals surface area (Å²) in [6.07, 6.45) is 14.5. The summed E-state index contributed by atoms with van der Waals surface area (Å²) in [5.41, 5.74) is 7.87. The fourth-order valence-electron chi connectivity index (χ4n) is 3.11. The van der Waals surface area contributed by atoms with Crippen LogP contribution in [-0.2, 0) is 18.9 Å². The molecule has 0 radical (unpaired) electrons. The predicted octanol–water partition coefficient (Wildman–Crippen LogP) is 6.03. The first-order valence-electron chi connectivity index (χ1n) is 11.4. The maximum absolute atomic E-state index is 8.24. The quantitative estimate of drug-likeness (QED) is 0.0574. The van der Waals surface area contributed by atoms with Gasteiger partial charge in [-0.2, -0.15) is 0 Å². The highest BCUT2D eigenvalue weighted by molar-refractivity contribution is 4.82. The third-order valence-electron chi connectivity index (χ3n) is 4.70. The minimum absolute atomic E-state index is 0.370. The van der Waals surface area contributed by atoms with Gasteiger partial charge in [0.15, 0.2) is 0 Å². The molecule has 31 heavy (non-hydrogen) atoms. The van der Waals surface area contributed by atoms with Crippen LogP contribution in [0.3, 0.4) is 0 Å². The van der Waals surface area contributed by atoms with E-state index >= 15 is 0 Å². The Kier molecular flexibility index (Phi) is 21.8. The van der Waals surface area contributed by atoms with Gasteiger partial charge in [-0.05, 0) is 18.4 Å². The van der Waals surface area contributed by atoms with Crippen LogP contribution in [0.25, 0.3) is 10.4 Å². The molecule has 0 saturated heterocycles. The van der Waals surface area contributed by atoms with E-state index in [9.17, 15) is 0 Å². The summed E-state index contributed by atoms with van der Waals surface area (Å²) in [6, 6.07) is 0. The highest BCUT2D eigenvalue weighted by atomic mass is 16.5. The molecule has 7 heteroatoms. The Labute approximate surface area is 189 Å². The zero-order chi connectivity index (χ0) is 22.9. The smallest absolute Gasteiger partial charge is 0.0645 e. The topological polar surface area (TPSA) is 85.7 Å². The zero-order valence-corrected chi connectivity index (χ0v) is 19.3. The van der Waals surface area contributed by atoms with Crippen LogP contribution in [0.2, 0.25) is 0 Å². The van der Waals surface area contributed by atoms with Crippen molar-refractivity contribution in [1.29, 1.82) is 0 Å². The molecule has 0 amide bonds. The van der Waals surface area contributed by atoms with Crippen LogP contribution >= 0.6 is 0 Å². The van der Waals surface area contributed by atoms with Crippen molar-refractivity contribution in [3.8, 4) is 0 Å². The average molecular weight is 438 g/mol. The van der Waals surface area contributed by atoms with E-state index < -0.39 is 0 Å². The van der Waals surface area contributed by atoms with Gasteiger partial charge in [-0.25, -0.2) is 0 Å². The van der Waals surface area contributed by atoms with Gasteiger partial charge in [0.1, 0.15) is 0 Å². The van der Waals surface area contributed by atoms with Crippen molar-refractivity contribution in [3.63, 3.8) is 0 Å². The maximum atomic E-state index is 8.24. The minimum atomic E-state index is -0.370. The van der Waals surface area contributed by atoms with E-state index in [0.717, 1.165) is 25.9 Å². The van der Waals surface area contributed by atoms with Crippen molar-refractivity contribution in [1.82, 2.24) is 0 Å². The van der Waals surface area contributed by atoms with Crippen molar-refractivity contribution in [2.24, 2.45) is 10.5 Å². The molecule has 0 rings (SSSR count). The van der Waals surface area contributed by atoms with Crippen LogP contribution in [0.5, 0.6) is 0 Å². The van der Waals surface area contributed by atoms with E-state index in [2.05, 4.69) is 29.8 Å². The summed E-state index contributed by atoms with van der Waals surface area (Å²) in [5.74, 6) is 0. The van der Waals surface area contributed by atoms with Gasteiger partial charge in [0.25, 0.3) is 0 Å². The second-order valence-corrected chi connectivity index (χ2v) is 7.75. The molecule has 0 N–H and O–H groups in total. The molecule has 0 unspecified atom stereocenters. The zero-order valence-electron chi connectivity index (χ0n) is 19.3. The molecule has 178 valence electrons. The lowest BCUT2D eigenvalue weighted by atomic mass is 9.92. The summed E-state index contributed by atoms with van der Waals surface area (Å²) < 4.78 is 23.2. The Hall–Kier alpha value is -1.63. The highest BCUT2D eigenvalue weighted by Gasteiger charge is 2.32. The van der Waals surface area contributed by atoms with Crippen molar-refractivity contribution >= 4 is 0 Å². The fraction of sp³-hybridized carbons (Fsp3) is 0.750. The number of nitrogens with zero attached hydrogens (tertiary/aromatic N) is 3. The summed E-state index contributed by atoms with van der Waals surface area (Å²) in [7, 11) is 0. The third kappa shape index (κ3) is 18.8. The first-order valence-corrected chi connectivity index (χ1v) is 11.4. The fourth-order valence-corrected chi connectivity index (χ4v) is 3.11. The molecule has 0 fully saturated rings. The van der Waals surface area contributed by atoms with Crippen LogP contribution in [0, 0.1) is 5.41 Å². The highest BCUT2D eigenvalue weighted by Crippen LogP contribution is 2.21. The lowest BCUT2D eigenvalue weighted by Gasteiger charge is -2.32. The molecule has 0 saturated carbocycles. The SMILES string of the molecule is C=CCOCC(COCC=C)(COCC=C)COCCCCCCCCCCN=[N+]=[N-]. The molecule has 0 heterocycles. The number of ether oxygens (including phenoxy) is 4. The molecule has 0 aromatic carbocycles. The number of rotatable bonds is 25. The van der Waals surface area contributed by atoms with Gasteiger partial charge >= 0.3 is 0 Å². The molecule has 0 atom stereocenters. The molecule has 0 aliphatic heterocycles. The van der Waals surface area contributed by atoms with Gasteiger partial charge in [0.2, 0.25) is 0 Å². The second-order valence-electron chi connectivity index (χ2n) is 7.75. The van der Waals surface area contributed by atoms with Crippen LogP contribution in [-0.4, -0.2) is 59.4 Å². The Bertz CT molecular complexity index is 457. The predicted molar refractivity (Wildman–Crippen MR) is 127 cm³/mol. The van der Waals surface area contributed by atoms with Crippen LogP contribution in [0.15, 0.2) is 43.1 Å². The first kappa shape index (κ1) is 29.4. The number of hydrogen-bond donors (Lipinski definition) is 0. The summed E-state index contributed by atoms with van der Waals surface area (Å²) >= 11 is 0. The molecular weight excluding hydrogens is 394 g/mol. The summed E-state index contributed by atoms with van der Waals surface area (Å²) in [4.78, 5) is 2.77. The molecular formula is C24H43N3O4. The molecule has 0 aromatic heterocycles. The molecule has 0 bridgehead atoms. The Morgan fingerprint density at radius 2 is 1.06 bits per heavy atom. The van der Waals surface area contributed by atoms with Gasteiger partial charge < -0.3 is 18.9 Å². The molecule has 0 spiro atoms. The lowest BCUT2D eigenvalue weighted by Crippen LogP contribution is -2.42. The Balaban J connectivity index is 4.16. The number of unbranched alkanes of at least 4 members (excludes halogenated alkanes) is 7. The third-order valence-corrected chi connectivity index (χ3v) is 4.70. The van der Waals surface area contributed by atoms with Crippen molar-refractivity contribution in [2.45, 2.75) is 51.4 Å². The maximum Gasteiger partial charge on any atom is 0.0645 e. The van der Waals surface area contributed by atoms with Gasteiger partial charge in [-0.15, -0.1) is 19.7 Å². The van der Waals surface area contributed by atoms with Gasteiger partial charge in [0.05, 0.1) is 51.7 Å². The second kappa shape index (κ2) is 23.0. The van der Waals surface area contributed by atoms with E-state index in [1.54, 1.807) is 18.2 Å². The van der Waals surface area contributed by atoms with Crippen LogP contribution in [0.4, 0.5) is 0 Å². The van der Waals surface area contributed by atoms with E-state index in [1.807, 2.05) is 0 Å². The van der Waals surface area contributed by atoms with E-state index in [-0.39, 0.29) is 5.41 Å². The largest absolute Gasteiger partial charge is 0.381 e. The normalized spacial score (nSPS) is 11.1. The van der Waals surface area contributed by atoms with Gasteiger partial charge in [-0.3, -0.25) is 0 Å². The van der Waals surface area contributed by atoms with Crippen molar-refractivity contribution in [2.75, 3.05) is 59.4 Å². The van der Waals surface area contributed by atoms with Gasteiger partial charge in [0, 0.05) is 18.1 Å².